The van der Waals surface area contributed by atoms with E-state index in [9.17, 15) is 25.2 Å². The minimum atomic E-state index is -1.51. The van der Waals surface area contributed by atoms with Crippen LogP contribution in [0.4, 0.5) is 0 Å². The van der Waals surface area contributed by atoms with Gasteiger partial charge in [-0.05, 0) is 93.1 Å². The zero-order chi connectivity index (χ0) is 23.8. The molecule has 180 valence electrons. The summed E-state index contributed by atoms with van der Waals surface area (Å²) in [4.78, 5) is 12.3. The molecule has 3 aliphatic carbocycles. The first-order valence-electron chi connectivity index (χ1n) is 12.2. The van der Waals surface area contributed by atoms with Gasteiger partial charge in [-0.15, -0.1) is 0 Å². The summed E-state index contributed by atoms with van der Waals surface area (Å²) in [6, 6.07) is 0. The van der Waals surface area contributed by atoms with E-state index in [1.54, 1.807) is 0 Å². The maximum Gasteiger partial charge on any atom is 0.192 e. The molecule has 3 fully saturated rings. The molecule has 3 saturated carbocycles. The van der Waals surface area contributed by atoms with Crippen molar-refractivity contribution in [1.82, 2.24) is 0 Å². The molecule has 0 amide bonds. The quantitative estimate of drug-likeness (QED) is 0.497. The zero-order valence-corrected chi connectivity index (χ0v) is 20.2. The van der Waals surface area contributed by atoms with Gasteiger partial charge in [0.15, 0.2) is 5.78 Å². The van der Waals surface area contributed by atoms with Crippen molar-refractivity contribution in [2.24, 2.45) is 23.2 Å². The number of aliphatic hydroxyl groups is 4. The third kappa shape index (κ3) is 5.11. The van der Waals surface area contributed by atoms with E-state index in [2.05, 4.69) is 32.6 Å². The predicted molar refractivity (Wildman–Crippen MR) is 126 cm³/mol. The van der Waals surface area contributed by atoms with Gasteiger partial charge in [-0.2, -0.15) is 0 Å². The van der Waals surface area contributed by atoms with E-state index in [-0.39, 0.29) is 11.3 Å². The van der Waals surface area contributed by atoms with E-state index in [0.29, 0.717) is 36.7 Å². The maximum absolute atomic E-state index is 12.3. The molecule has 3 rings (SSSR count). The summed E-state index contributed by atoms with van der Waals surface area (Å²) in [5.74, 6) is 0.570. The van der Waals surface area contributed by atoms with Crippen LogP contribution in [0.1, 0.15) is 79.1 Å². The molecule has 0 bridgehead atoms. The molecule has 7 atom stereocenters. The lowest BCUT2D eigenvalue weighted by Crippen LogP contribution is -2.42. The summed E-state index contributed by atoms with van der Waals surface area (Å²) in [5, 5.41) is 40.6. The van der Waals surface area contributed by atoms with Gasteiger partial charge < -0.3 is 20.4 Å². The van der Waals surface area contributed by atoms with Gasteiger partial charge in [0.2, 0.25) is 0 Å². The standard InChI is InChI=1S/C27H42O5/c1-16(13-24(30)25(31)26(3,4)32)21-10-11-22-18(7-6-12-27(21,22)5)8-9-19-14-20(28)15-23(29)17(19)2/h8-9,16,20-24,28-30,32H,2,6-7,10-15H2,1,3-5H3/b18-8+,19-9+/t16-,20-,21-,22+,23+,24-,27-/m1/s1. The zero-order valence-electron chi connectivity index (χ0n) is 20.2. The van der Waals surface area contributed by atoms with E-state index in [0.717, 1.165) is 37.7 Å². The summed E-state index contributed by atoms with van der Waals surface area (Å²) >= 11 is 0. The van der Waals surface area contributed by atoms with Gasteiger partial charge in [0.1, 0.15) is 11.7 Å². The van der Waals surface area contributed by atoms with E-state index in [4.69, 9.17) is 0 Å². The molecule has 0 aliphatic heterocycles. The van der Waals surface area contributed by atoms with Crippen molar-refractivity contribution in [3.05, 3.63) is 35.5 Å². The van der Waals surface area contributed by atoms with Gasteiger partial charge in [0.25, 0.3) is 0 Å². The summed E-state index contributed by atoms with van der Waals surface area (Å²) in [6.45, 7) is 11.4. The molecule has 0 aromatic rings. The van der Waals surface area contributed by atoms with Crippen molar-refractivity contribution in [2.75, 3.05) is 0 Å². The number of Topliss-reactive ketones (excluding diaryl/α,β-unsaturated/α-hetero) is 1. The van der Waals surface area contributed by atoms with Crippen molar-refractivity contribution in [2.45, 2.75) is 103 Å². The first kappa shape index (κ1) is 25.4. The normalized spacial score (nSPS) is 38.1. The van der Waals surface area contributed by atoms with E-state index in [1.807, 2.05) is 0 Å². The topological polar surface area (TPSA) is 98.0 Å². The van der Waals surface area contributed by atoms with Crippen LogP contribution >= 0.6 is 0 Å². The third-order valence-corrected chi connectivity index (χ3v) is 8.49. The van der Waals surface area contributed by atoms with Gasteiger partial charge in [0, 0.05) is 6.42 Å². The van der Waals surface area contributed by atoms with Gasteiger partial charge in [-0.3, -0.25) is 4.79 Å². The molecular weight excluding hydrogens is 404 g/mol. The highest BCUT2D eigenvalue weighted by molar-refractivity contribution is 5.89. The smallest absolute Gasteiger partial charge is 0.192 e. The predicted octanol–water partition coefficient (Wildman–Crippen LogP) is 3.85. The van der Waals surface area contributed by atoms with Crippen LogP contribution in [0.5, 0.6) is 0 Å². The second kappa shape index (κ2) is 9.54. The van der Waals surface area contributed by atoms with E-state index >= 15 is 0 Å². The molecule has 0 heterocycles. The van der Waals surface area contributed by atoms with Crippen LogP contribution in [-0.2, 0) is 4.79 Å². The summed E-state index contributed by atoms with van der Waals surface area (Å²) in [5.41, 5.74) is 1.69. The van der Waals surface area contributed by atoms with Gasteiger partial charge in [-0.1, -0.05) is 38.2 Å². The Bertz CT molecular complexity index is 788. The average Bonchev–Trinajstić information content (AvgIpc) is 3.05. The highest BCUT2D eigenvalue weighted by Crippen LogP contribution is 2.59. The Morgan fingerprint density at radius 1 is 1.28 bits per heavy atom. The van der Waals surface area contributed by atoms with Crippen molar-refractivity contribution in [3.8, 4) is 0 Å². The monoisotopic (exact) mass is 446 g/mol. The number of rotatable bonds is 6. The molecular formula is C27H42O5. The molecule has 0 spiro atoms. The minimum Gasteiger partial charge on any atom is -0.393 e. The van der Waals surface area contributed by atoms with Crippen LogP contribution in [-0.4, -0.2) is 50.1 Å². The van der Waals surface area contributed by atoms with Crippen molar-refractivity contribution in [3.63, 3.8) is 0 Å². The van der Waals surface area contributed by atoms with E-state index in [1.165, 1.54) is 19.4 Å². The Hall–Kier alpha value is -1.27. The second-order valence-electron chi connectivity index (χ2n) is 11.3. The molecule has 5 heteroatoms. The molecule has 0 aromatic carbocycles. The van der Waals surface area contributed by atoms with E-state index < -0.39 is 29.7 Å². The van der Waals surface area contributed by atoms with Crippen LogP contribution in [0.3, 0.4) is 0 Å². The van der Waals surface area contributed by atoms with Crippen molar-refractivity contribution >= 4 is 5.78 Å². The van der Waals surface area contributed by atoms with Crippen LogP contribution in [0.15, 0.2) is 35.5 Å². The van der Waals surface area contributed by atoms with Crippen LogP contribution in [0.25, 0.3) is 0 Å². The number of carbonyl (C=O) groups excluding carboxylic acids is 1. The summed E-state index contributed by atoms with van der Waals surface area (Å²) in [7, 11) is 0. The van der Waals surface area contributed by atoms with Gasteiger partial charge in [-0.25, -0.2) is 0 Å². The largest absolute Gasteiger partial charge is 0.393 e. The van der Waals surface area contributed by atoms with Crippen LogP contribution in [0, 0.1) is 23.2 Å². The SMILES string of the molecule is C=C1/C(=C/C=C2\CCC[C@]3(C)[C@@H]([C@H](C)C[C@@H](O)C(=O)C(C)(C)O)CC[C@@H]23)C[C@@H](O)C[C@@H]1O. The summed E-state index contributed by atoms with van der Waals surface area (Å²) < 4.78 is 0. The minimum absolute atomic E-state index is 0.127. The van der Waals surface area contributed by atoms with Crippen molar-refractivity contribution < 1.29 is 25.2 Å². The number of allylic oxidation sites excluding steroid dienone is 3. The Morgan fingerprint density at radius 2 is 1.97 bits per heavy atom. The number of hydrogen-bond acceptors (Lipinski definition) is 5. The highest BCUT2D eigenvalue weighted by atomic mass is 16.3. The lowest BCUT2D eigenvalue weighted by atomic mass is 9.60. The number of aliphatic hydroxyl groups excluding tert-OH is 3. The Kier molecular flexibility index (Phi) is 7.56. The van der Waals surface area contributed by atoms with Crippen molar-refractivity contribution in [1.29, 1.82) is 0 Å². The molecule has 4 N–H and O–H groups in total. The average molecular weight is 447 g/mol. The Morgan fingerprint density at radius 3 is 2.62 bits per heavy atom. The molecule has 0 aromatic heterocycles. The molecule has 3 aliphatic rings. The third-order valence-electron chi connectivity index (χ3n) is 8.49. The Balaban J connectivity index is 1.75. The van der Waals surface area contributed by atoms with Crippen LogP contribution < -0.4 is 0 Å². The molecule has 0 radical (unpaired) electrons. The maximum atomic E-state index is 12.3. The first-order chi connectivity index (χ1) is 14.8. The number of carbonyl (C=O) groups is 1. The molecule has 32 heavy (non-hydrogen) atoms. The second-order valence-corrected chi connectivity index (χ2v) is 11.3. The fourth-order valence-electron chi connectivity index (χ4n) is 6.71. The first-order valence-corrected chi connectivity index (χ1v) is 12.2. The highest BCUT2D eigenvalue weighted by Gasteiger charge is 2.51. The molecule has 5 nitrogen and oxygen atoms in total. The lowest BCUT2D eigenvalue weighted by molar-refractivity contribution is -0.144. The fraction of sp³-hybridized carbons (Fsp3) is 0.741. The van der Waals surface area contributed by atoms with Crippen LogP contribution in [0.2, 0.25) is 0 Å². The number of ketones is 1. The summed E-state index contributed by atoms with van der Waals surface area (Å²) in [6.07, 6.45) is 8.69. The van der Waals surface area contributed by atoms with Gasteiger partial charge >= 0.3 is 0 Å². The Labute approximate surface area is 192 Å². The lowest BCUT2D eigenvalue weighted by Gasteiger charge is -2.44. The molecule has 0 unspecified atom stereocenters. The molecule has 0 saturated heterocycles. The number of hydrogen-bond donors (Lipinski definition) is 4. The fourth-order valence-corrected chi connectivity index (χ4v) is 6.71. The number of fused-ring (bicyclic) bond motifs is 1. The van der Waals surface area contributed by atoms with Gasteiger partial charge in [0.05, 0.1) is 12.2 Å².